The molecular weight excluding hydrogens is 249 g/mol. The van der Waals surface area contributed by atoms with Crippen LogP contribution >= 0.6 is 0 Å². The van der Waals surface area contributed by atoms with Gasteiger partial charge in [-0.2, -0.15) is 5.21 Å². The Hall–Kier alpha value is -2.18. The number of halogens is 1. The van der Waals surface area contributed by atoms with Crippen LogP contribution in [0, 0.1) is 5.82 Å². The zero-order valence-corrected chi connectivity index (χ0v) is 10.6. The molecule has 0 bridgehead atoms. The molecule has 0 radical (unpaired) electrons. The molecule has 2 heterocycles. The fourth-order valence-corrected chi connectivity index (χ4v) is 2.33. The van der Waals surface area contributed by atoms with E-state index in [1.807, 2.05) is 0 Å². The quantitative estimate of drug-likeness (QED) is 0.911. The van der Waals surface area contributed by atoms with Crippen molar-refractivity contribution >= 4 is 5.69 Å². The van der Waals surface area contributed by atoms with Crippen molar-refractivity contribution in [2.45, 2.75) is 13.3 Å². The summed E-state index contributed by atoms with van der Waals surface area (Å²) in [4.78, 5) is 2.17. The van der Waals surface area contributed by atoms with Crippen molar-refractivity contribution in [1.82, 2.24) is 20.6 Å². The highest BCUT2D eigenvalue weighted by atomic mass is 19.1. The zero-order valence-electron chi connectivity index (χ0n) is 10.6. The summed E-state index contributed by atoms with van der Waals surface area (Å²) in [6, 6.07) is 2.82. The smallest absolute Gasteiger partial charge is 0.206 e. The second-order valence-electron chi connectivity index (χ2n) is 4.37. The number of tetrazole rings is 1. The van der Waals surface area contributed by atoms with Gasteiger partial charge in [-0.1, -0.05) is 6.92 Å². The second-order valence-corrected chi connectivity index (χ2v) is 4.37. The zero-order chi connectivity index (χ0) is 13.2. The first-order valence-electron chi connectivity index (χ1n) is 6.24. The highest BCUT2D eigenvalue weighted by molar-refractivity contribution is 5.80. The molecule has 0 aliphatic carbocycles. The summed E-state index contributed by atoms with van der Waals surface area (Å²) in [5, 5.41) is 13.8. The molecule has 19 heavy (non-hydrogen) atoms. The number of rotatable bonds is 3. The first-order valence-corrected chi connectivity index (χ1v) is 6.24. The van der Waals surface area contributed by atoms with Crippen LogP contribution in [0.15, 0.2) is 12.1 Å². The van der Waals surface area contributed by atoms with E-state index in [0.29, 0.717) is 23.7 Å². The van der Waals surface area contributed by atoms with Crippen LogP contribution in [0.2, 0.25) is 0 Å². The van der Waals surface area contributed by atoms with E-state index in [9.17, 15) is 4.39 Å². The van der Waals surface area contributed by atoms with Gasteiger partial charge >= 0.3 is 0 Å². The van der Waals surface area contributed by atoms with E-state index in [2.05, 4.69) is 32.4 Å². The maximum Gasteiger partial charge on any atom is 0.206 e. The molecule has 1 N–H and O–H groups in total. The number of aromatic amines is 1. The maximum atomic E-state index is 13.7. The van der Waals surface area contributed by atoms with E-state index in [-0.39, 0.29) is 5.82 Å². The number of hydrogen-bond donors (Lipinski definition) is 1. The van der Waals surface area contributed by atoms with E-state index in [1.54, 1.807) is 0 Å². The third-order valence-corrected chi connectivity index (χ3v) is 3.05. The minimum absolute atomic E-state index is 0.364. The minimum Gasteiger partial charge on any atom is -0.489 e. The molecule has 1 aromatic carbocycles. The fraction of sp³-hybridized carbons (Fsp3) is 0.417. The van der Waals surface area contributed by atoms with Crippen LogP contribution in [0.5, 0.6) is 5.75 Å². The Bertz CT molecular complexity index is 572. The van der Waals surface area contributed by atoms with Gasteiger partial charge in [0.15, 0.2) is 0 Å². The summed E-state index contributed by atoms with van der Waals surface area (Å²) < 4.78 is 19.2. The maximum absolute atomic E-state index is 13.7. The fourth-order valence-electron chi connectivity index (χ4n) is 2.33. The molecule has 1 aromatic heterocycles. The third-order valence-electron chi connectivity index (χ3n) is 3.05. The van der Waals surface area contributed by atoms with Gasteiger partial charge in [0, 0.05) is 12.6 Å². The SMILES string of the molecule is CCCN1CCOc2cc(F)cc(-c3nn[nH]n3)c21. The molecule has 1 aliphatic rings. The summed E-state index contributed by atoms with van der Waals surface area (Å²) in [5.41, 5.74) is 1.45. The predicted molar refractivity (Wildman–Crippen MR) is 67.6 cm³/mol. The molecule has 0 atom stereocenters. The molecule has 0 amide bonds. The Balaban J connectivity index is 2.15. The highest BCUT2D eigenvalue weighted by Gasteiger charge is 2.24. The van der Waals surface area contributed by atoms with Crippen LogP contribution in [0.3, 0.4) is 0 Å². The van der Waals surface area contributed by atoms with E-state index in [0.717, 1.165) is 25.2 Å². The molecule has 2 aromatic rings. The van der Waals surface area contributed by atoms with Crippen molar-refractivity contribution in [3.05, 3.63) is 17.9 Å². The van der Waals surface area contributed by atoms with Crippen molar-refractivity contribution in [3.63, 3.8) is 0 Å². The second kappa shape index (κ2) is 4.83. The van der Waals surface area contributed by atoms with Gasteiger partial charge in [0.25, 0.3) is 0 Å². The van der Waals surface area contributed by atoms with Gasteiger partial charge in [-0.25, -0.2) is 4.39 Å². The first kappa shape index (κ1) is 11.9. The molecule has 6 nitrogen and oxygen atoms in total. The van der Waals surface area contributed by atoms with Crippen LogP contribution < -0.4 is 9.64 Å². The molecule has 100 valence electrons. The van der Waals surface area contributed by atoms with Crippen molar-refractivity contribution < 1.29 is 9.13 Å². The number of benzene rings is 1. The van der Waals surface area contributed by atoms with Crippen molar-refractivity contribution in [3.8, 4) is 17.1 Å². The van der Waals surface area contributed by atoms with Crippen LogP contribution in [0.1, 0.15) is 13.3 Å². The van der Waals surface area contributed by atoms with Gasteiger partial charge in [0.1, 0.15) is 18.2 Å². The predicted octanol–water partition coefficient (Wildman–Crippen LogP) is 1.61. The normalized spacial score (nSPS) is 14.1. The average molecular weight is 263 g/mol. The Kier molecular flexibility index (Phi) is 3.02. The average Bonchev–Trinajstić information content (AvgIpc) is 2.92. The molecule has 0 fully saturated rings. The van der Waals surface area contributed by atoms with Crippen molar-refractivity contribution in [2.75, 3.05) is 24.6 Å². The molecule has 1 aliphatic heterocycles. The van der Waals surface area contributed by atoms with Crippen molar-refractivity contribution in [1.29, 1.82) is 0 Å². The largest absolute Gasteiger partial charge is 0.489 e. The molecule has 0 saturated heterocycles. The standard InChI is InChI=1S/C12H14FN5O/c1-2-3-18-4-5-19-10-7-8(13)6-9(11(10)18)12-14-16-17-15-12/h6-7H,2-5H2,1H3,(H,14,15,16,17). The summed E-state index contributed by atoms with van der Waals surface area (Å²) in [6.07, 6.45) is 1.00. The highest BCUT2D eigenvalue weighted by Crippen LogP contribution is 2.40. The van der Waals surface area contributed by atoms with Gasteiger partial charge in [-0.05, 0) is 17.7 Å². The van der Waals surface area contributed by atoms with Crippen LogP contribution in [-0.4, -0.2) is 40.3 Å². The van der Waals surface area contributed by atoms with E-state index in [1.165, 1.54) is 12.1 Å². The minimum atomic E-state index is -0.364. The Morgan fingerprint density at radius 1 is 1.47 bits per heavy atom. The lowest BCUT2D eigenvalue weighted by Crippen LogP contribution is -2.33. The van der Waals surface area contributed by atoms with E-state index in [4.69, 9.17) is 4.74 Å². The Morgan fingerprint density at radius 2 is 2.37 bits per heavy atom. The summed E-state index contributed by atoms with van der Waals surface area (Å²) >= 11 is 0. The van der Waals surface area contributed by atoms with Gasteiger partial charge < -0.3 is 9.64 Å². The van der Waals surface area contributed by atoms with Crippen LogP contribution in [0.4, 0.5) is 10.1 Å². The van der Waals surface area contributed by atoms with Crippen molar-refractivity contribution in [2.24, 2.45) is 0 Å². The number of hydrogen-bond acceptors (Lipinski definition) is 5. The third kappa shape index (κ3) is 2.11. The summed E-state index contributed by atoms with van der Waals surface area (Å²) in [6.45, 7) is 4.32. The van der Waals surface area contributed by atoms with Gasteiger partial charge in [0.05, 0.1) is 17.8 Å². The van der Waals surface area contributed by atoms with Crippen LogP contribution in [-0.2, 0) is 0 Å². The van der Waals surface area contributed by atoms with E-state index >= 15 is 0 Å². The van der Waals surface area contributed by atoms with Gasteiger partial charge in [-0.15, -0.1) is 10.2 Å². The number of anilines is 1. The topological polar surface area (TPSA) is 66.9 Å². The molecule has 3 rings (SSSR count). The lowest BCUT2D eigenvalue weighted by molar-refractivity contribution is 0.306. The molecular formula is C12H14FN5O. The lowest BCUT2D eigenvalue weighted by atomic mass is 10.1. The summed E-state index contributed by atoms with van der Waals surface area (Å²) in [7, 11) is 0. The molecule has 0 spiro atoms. The molecule has 0 unspecified atom stereocenters. The van der Waals surface area contributed by atoms with Gasteiger partial charge in [-0.3, -0.25) is 0 Å². The monoisotopic (exact) mass is 263 g/mol. The van der Waals surface area contributed by atoms with Gasteiger partial charge in [0.2, 0.25) is 5.82 Å². The number of aromatic nitrogens is 4. The molecule has 7 heteroatoms. The number of nitrogens with zero attached hydrogens (tertiary/aromatic N) is 4. The number of fused-ring (bicyclic) bond motifs is 1. The lowest BCUT2D eigenvalue weighted by Gasteiger charge is -2.32. The molecule has 0 saturated carbocycles. The summed E-state index contributed by atoms with van der Waals surface area (Å²) in [5.74, 6) is 0.554. The number of ether oxygens (including phenoxy) is 1. The Labute approximate surface area is 109 Å². The van der Waals surface area contributed by atoms with Crippen LogP contribution in [0.25, 0.3) is 11.4 Å². The number of H-pyrrole nitrogens is 1. The Morgan fingerprint density at radius 3 is 3.11 bits per heavy atom. The van der Waals surface area contributed by atoms with E-state index < -0.39 is 0 Å². The first-order chi connectivity index (χ1) is 9.29. The number of nitrogens with one attached hydrogen (secondary N) is 1.